The molecule has 0 fully saturated rings. The predicted molar refractivity (Wildman–Crippen MR) is 67.4 cm³/mol. The van der Waals surface area contributed by atoms with Gasteiger partial charge in [-0.3, -0.25) is 10.1 Å². The molecule has 1 N–H and O–H groups in total. The number of methoxy groups -OCH3 is 1. The van der Waals surface area contributed by atoms with Gasteiger partial charge < -0.3 is 10.1 Å². The van der Waals surface area contributed by atoms with E-state index in [-0.39, 0.29) is 10.6 Å². The number of anilines is 1. The zero-order valence-electron chi connectivity index (χ0n) is 10.2. The standard InChI is InChI=1S/C12H18N2O3/c1-10-5-6-11(9-12(10)14(15)16)13-7-3-4-8-17-2/h5-6,9,13H,3-4,7-8H2,1-2H3. The van der Waals surface area contributed by atoms with Gasteiger partial charge in [0, 0.05) is 37.6 Å². The number of nitro benzene ring substituents is 1. The lowest BCUT2D eigenvalue weighted by atomic mass is 10.2. The van der Waals surface area contributed by atoms with Crippen molar-refractivity contribution < 1.29 is 9.66 Å². The van der Waals surface area contributed by atoms with Crippen molar-refractivity contribution in [2.24, 2.45) is 0 Å². The summed E-state index contributed by atoms with van der Waals surface area (Å²) in [5.41, 5.74) is 1.63. The Labute approximate surface area is 101 Å². The SMILES string of the molecule is COCCCCNc1ccc(C)c([N+](=O)[O-])c1. The highest BCUT2D eigenvalue weighted by Gasteiger charge is 2.10. The summed E-state index contributed by atoms with van der Waals surface area (Å²) in [6, 6.07) is 5.19. The fourth-order valence-electron chi connectivity index (χ4n) is 1.52. The molecule has 0 unspecified atom stereocenters. The first-order chi connectivity index (χ1) is 8.15. The molecule has 5 heteroatoms. The molecule has 17 heavy (non-hydrogen) atoms. The lowest BCUT2D eigenvalue weighted by molar-refractivity contribution is -0.385. The van der Waals surface area contributed by atoms with Crippen molar-refractivity contribution in [2.45, 2.75) is 19.8 Å². The molecule has 0 bridgehead atoms. The quantitative estimate of drug-likeness (QED) is 0.450. The normalized spacial score (nSPS) is 10.2. The van der Waals surface area contributed by atoms with Gasteiger partial charge in [0.1, 0.15) is 0 Å². The van der Waals surface area contributed by atoms with Gasteiger partial charge in [-0.1, -0.05) is 6.07 Å². The molecule has 0 radical (unpaired) electrons. The van der Waals surface area contributed by atoms with Gasteiger partial charge in [0.2, 0.25) is 0 Å². The summed E-state index contributed by atoms with van der Waals surface area (Å²) in [4.78, 5) is 10.4. The Balaban J connectivity index is 2.49. The van der Waals surface area contributed by atoms with Crippen molar-refractivity contribution in [3.05, 3.63) is 33.9 Å². The van der Waals surface area contributed by atoms with E-state index in [0.29, 0.717) is 5.56 Å². The number of nitrogens with zero attached hydrogens (tertiary/aromatic N) is 1. The molecule has 0 aliphatic heterocycles. The van der Waals surface area contributed by atoms with Gasteiger partial charge in [0.15, 0.2) is 0 Å². The van der Waals surface area contributed by atoms with Crippen LogP contribution in [0.15, 0.2) is 18.2 Å². The zero-order chi connectivity index (χ0) is 12.7. The third-order valence-corrected chi connectivity index (χ3v) is 2.51. The first kappa shape index (κ1) is 13.4. The Morgan fingerprint density at radius 2 is 2.18 bits per heavy atom. The number of unbranched alkanes of at least 4 members (excludes halogenated alkanes) is 1. The van der Waals surface area contributed by atoms with Crippen LogP contribution in [0.3, 0.4) is 0 Å². The van der Waals surface area contributed by atoms with Crippen LogP contribution < -0.4 is 5.32 Å². The second kappa shape index (κ2) is 6.85. The Kier molecular flexibility index (Phi) is 5.42. The van der Waals surface area contributed by atoms with Crippen molar-refractivity contribution in [1.29, 1.82) is 0 Å². The van der Waals surface area contributed by atoms with Gasteiger partial charge in [0.25, 0.3) is 5.69 Å². The molecule has 0 amide bonds. The second-order valence-electron chi connectivity index (χ2n) is 3.89. The molecule has 0 aliphatic carbocycles. The zero-order valence-corrected chi connectivity index (χ0v) is 10.2. The summed E-state index contributed by atoms with van der Waals surface area (Å²) < 4.78 is 4.94. The van der Waals surface area contributed by atoms with Crippen LogP contribution in [-0.2, 0) is 4.74 Å². The molecular formula is C12H18N2O3. The lowest BCUT2D eigenvalue weighted by Crippen LogP contribution is -2.03. The minimum absolute atomic E-state index is 0.159. The third kappa shape index (κ3) is 4.40. The monoisotopic (exact) mass is 238 g/mol. The van der Waals surface area contributed by atoms with Crippen molar-refractivity contribution >= 4 is 11.4 Å². The van der Waals surface area contributed by atoms with Gasteiger partial charge in [-0.15, -0.1) is 0 Å². The summed E-state index contributed by atoms with van der Waals surface area (Å²) >= 11 is 0. The van der Waals surface area contributed by atoms with Crippen molar-refractivity contribution in [2.75, 3.05) is 25.6 Å². The van der Waals surface area contributed by atoms with Crippen LogP contribution in [0.2, 0.25) is 0 Å². The number of hydrogen-bond acceptors (Lipinski definition) is 4. The molecule has 0 saturated carbocycles. The minimum atomic E-state index is -0.356. The number of nitrogens with one attached hydrogen (secondary N) is 1. The Morgan fingerprint density at radius 1 is 1.41 bits per heavy atom. The fourth-order valence-corrected chi connectivity index (χ4v) is 1.52. The number of ether oxygens (including phenoxy) is 1. The molecular weight excluding hydrogens is 220 g/mol. The number of hydrogen-bond donors (Lipinski definition) is 1. The highest BCUT2D eigenvalue weighted by molar-refractivity contribution is 5.54. The summed E-state index contributed by atoms with van der Waals surface area (Å²) in [6.45, 7) is 3.28. The molecule has 1 rings (SSSR count). The summed E-state index contributed by atoms with van der Waals surface area (Å²) in [6.07, 6.45) is 1.97. The predicted octanol–water partition coefficient (Wildman–Crippen LogP) is 2.74. The number of benzene rings is 1. The van der Waals surface area contributed by atoms with Gasteiger partial charge in [0.05, 0.1) is 4.92 Å². The van der Waals surface area contributed by atoms with Crippen LogP contribution in [0.4, 0.5) is 11.4 Å². The van der Waals surface area contributed by atoms with E-state index in [0.717, 1.165) is 31.7 Å². The summed E-state index contributed by atoms with van der Waals surface area (Å²) in [5.74, 6) is 0. The van der Waals surface area contributed by atoms with E-state index >= 15 is 0 Å². The Bertz CT molecular complexity index is 380. The van der Waals surface area contributed by atoms with E-state index in [1.807, 2.05) is 6.07 Å². The van der Waals surface area contributed by atoms with E-state index in [9.17, 15) is 10.1 Å². The first-order valence-electron chi connectivity index (χ1n) is 5.63. The molecule has 1 aromatic carbocycles. The molecule has 94 valence electrons. The minimum Gasteiger partial charge on any atom is -0.385 e. The lowest BCUT2D eigenvalue weighted by Gasteiger charge is -2.06. The van der Waals surface area contributed by atoms with Gasteiger partial charge in [-0.25, -0.2) is 0 Å². The molecule has 0 atom stereocenters. The highest BCUT2D eigenvalue weighted by atomic mass is 16.6. The molecule has 1 aromatic rings. The average Bonchev–Trinajstić information content (AvgIpc) is 2.30. The van der Waals surface area contributed by atoms with E-state index in [1.165, 1.54) is 0 Å². The largest absolute Gasteiger partial charge is 0.385 e. The first-order valence-corrected chi connectivity index (χ1v) is 5.63. The van der Waals surface area contributed by atoms with Crippen LogP contribution in [-0.4, -0.2) is 25.2 Å². The molecule has 0 aliphatic rings. The summed E-state index contributed by atoms with van der Waals surface area (Å²) in [5, 5.41) is 13.9. The Hall–Kier alpha value is -1.62. The molecule has 0 spiro atoms. The Morgan fingerprint density at radius 3 is 2.82 bits per heavy atom. The van der Waals surface area contributed by atoms with Crippen molar-refractivity contribution in [1.82, 2.24) is 0 Å². The number of aryl methyl sites for hydroxylation is 1. The second-order valence-corrected chi connectivity index (χ2v) is 3.89. The van der Waals surface area contributed by atoms with Crippen molar-refractivity contribution in [3.8, 4) is 0 Å². The van der Waals surface area contributed by atoms with Gasteiger partial charge >= 0.3 is 0 Å². The maximum atomic E-state index is 10.8. The van der Waals surface area contributed by atoms with E-state index in [1.54, 1.807) is 26.2 Å². The maximum Gasteiger partial charge on any atom is 0.274 e. The smallest absolute Gasteiger partial charge is 0.274 e. The number of rotatable bonds is 7. The molecule has 0 aromatic heterocycles. The van der Waals surface area contributed by atoms with Gasteiger partial charge in [-0.05, 0) is 25.8 Å². The van der Waals surface area contributed by atoms with Crippen LogP contribution in [0.25, 0.3) is 0 Å². The topological polar surface area (TPSA) is 64.4 Å². The average molecular weight is 238 g/mol. The van der Waals surface area contributed by atoms with Crippen LogP contribution in [0.5, 0.6) is 0 Å². The van der Waals surface area contributed by atoms with Crippen LogP contribution >= 0.6 is 0 Å². The molecule has 0 saturated heterocycles. The maximum absolute atomic E-state index is 10.8. The van der Waals surface area contributed by atoms with Gasteiger partial charge in [-0.2, -0.15) is 0 Å². The molecule has 0 heterocycles. The van der Waals surface area contributed by atoms with E-state index in [4.69, 9.17) is 4.74 Å². The van der Waals surface area contributed by atoms with Crippen LogP contribution in [0, 0.1) is 17.0 Å². The summed E-state index contributed by atoms with van der Waals surface area (Å²) in [7, 11) is 1.68. The van der Waals surface area contributed by atoms with Crippen molar-refractivity contribution in [3.63, 3.8) is 0 Å². The van der Waals surface area contributed by atoms with Crippen LogP contribution in [0.1, 0.15) is 18.4 Å². The van der Waals surface area contributed by atoms with E-state index < -0.39 is 0 Å². The third-order valence-electron chi connectivity index (χ3n) is 2.51. The fraction of sp³-hybridized carbons (Fsp3) is 0.500. The molecule has 5 nitrogen and oxygen atoms in total. The van der Waals surface area contributed by atoms with E-state index in [2.05, 4.69) is 5.32 Å². The number of nitro groups is 1. The highest BCUT2D eigenvalue weighted by Crippen LogP contribution is 2.22.